The number of carbonyl (C=O) groups excluding carboxylic acids is 1. The van der Waals surface area contributed by atoms with Gasteiger partial charge in [0.25, 0.3) is 0 Å². The SMILES string of the molecule is CC1(CNC(=O)C2(C(N)=S)CCC2)CCCS1. The summed E-state index contributed by atoms with van der Waals surface area (Å²) in [5, 5.41) is 3.06. The summed E-state index contributed by atoms with van der Waals surface area (Å²) in [6.45, 7) is 2.96. The van der Waals surface area contributed by atoms with Gasteiger partial charge in [0.05, 0.1) is 10.4 Å². The lowest BCUT2D eigenvalue weighted by Gasteiger charge is -2.39. The molecule has 17 heavy (non-hydrogen) atoms. The Bertz CT molecular complexity index is 333. The Morgan fingerprint density at radius 3 is 2.53 bits per heavy atom. The van der Waals surface area contributed by atoms with E-state index in [9.17, 15) is 4.79 Å². The summed E-state index contributed by atoms with van der Waals surface area (Å²) in [5.74, 6) is 1.25. The fraction of sp³-hybridized carbons (Fsp3) is 0.833. The van der Waals surface area contributed by atoms with Gasteiger partial charge in [0.1, 0.15) is 0 Å². The summed E-state index contributed by atoms with van der Waals surface area (Å²) in [6.07, 6.45) is 5.11. The van der Waals surface area contributed by atoms with Crippen molar-refractivity contribution in [1.82, 2.24) is 5.32 Å². The average molecular weight is 272 g/mol. The third-order valence-corrected chi connectivity index (χ3v) is 5.97. The first-order valence-electron chi connectivity index (χ1n) is 6.21. The predicted molar refractivity (Wildman–Crippen MR) is 76.2 cm³/mol. The zero-order chi connectivity index (χ0) is 12.5. The van der Waals surface area contributed by atoms with Crippen LogP contribution in [0.2, 0.25) is 0 Å². The van der Waals surface area contributed by atoms with Crippen LogP contribution in [0.25, 0.3) is 0 Å². The fourth-order valence-electron chi connectivity index (χ4n) is 2.53. The maximum atomic E-state index is 12.2. The van der Waals surface area contributed by atoms with Gasteiger partial charge in [-0.25, -0.2) is 0 Å². The number of nitrogens with one attached hydrogen (secondary N) is 1. The molecular formula is C12H20N2OS2. The minimum absolute atomic E-state index is 0.0463. The maximum absolute atomic E-state index is 12.2. The molecule has 2 rings (SSSR count). The van der Waals surface area contributed by atoms with Crippen LogP contribution in [-0.4, -0.2) is 27.9 Å². The fourth-order valence-corrected chi connectivity index (χ4v) is 4.07. The number of hydrogen-bond donors (Lipinski definition) is 2. The number of thiocarbonyl (C=S) groups is 1. The van der Waals surface area contributed by atoms with Crippen molar-refractivity contribution in [3.05, 3.63) is 0 Å². The molecule has 1 amide bonds. The van der Waals surface area contributed by atoms with E-state index in [0.29, 0.717) is 4.99 Å². The van der Waals surface area contributed by atoms with Gasteiger partial charge in [-0.2, -0.15) is 11.8 Å². The number of rotatable bonds is 4. The molecule has 0 spiro atoms. The number of nitrogens with two attached hydrogens (primary N) is 1. The normalized spacial score (nSPS) is 30.6. The van der Waals surface area contributed by atoms with Crippen LogP contribution in [0.4, 0.5) is 0 Å². The number of hydrogen-bond acceptors (Lipinski definition) is 3. The molecule has 0 aromatic rings. The molecule has 2 aliphatic rings. The highest BCUT2D eigenvalue weighted by molar-refractivity contribution is 8.00. The summed E-state index contributed by atoms with van der Waals surface area (Å²) >= 11 is 7.00. The molecule has 3 nitrogen and oxygen atoms in total. The summed E-state index contributed by atoms with van der Waals surface area (Å²) < 4.78 is 0.205. The molecule has 0 aromatic heterocycles. The van der Waals surface area contributed by atoms with Crippen molar-refractivity contribution in [2.75, 3.05) is 12.3 Å². The lowest BCUT2D eigenvalue weighted by atomic mass is 9.68. The van der Waals surface area contributed by atoms with E-state index in [0.717, 1.165) is 25.8 Å². The summed E-state index contributed by atoms with van der Waals surface area (Å²) in [5.41, 5.74) is 5.18. The molecule has 1 saturated heterocycles. The van der Waals surface area contributed by atoms with Crippen LogP contribution in [0.15, 0.2) is 0 Å². The van der Waals surface area contributed by atoms with Gasteiger partial charge in [0.2, 0.25) is 5.91 Å². The first kappa shape index (κ1) is 13.1. The van der Waals surface area contributed by atoms with Gasteiger partial charge in [-0.3, -0.25) is 4.79 Å². The molecule has 3 N–H and O–H groups in total. The third-order valence-electron chi connectivity index (χ3n) is 4.04. The van der Waals surface area contributed by atoms with Gasteiger partial charge >= 0.3 is 0 Å². The lowest BCUT2D eigenvalue weighted by Crippen LogP contribution is -2.54. The van der Waals surface area contributed by atoms with Crippen molar-refractivity contribution in [3.8, 4) is 0 Å². The Morgan fingerprint density at radius 2 is 2.12 bits per heavy atom. The molecule has 1 aliphatic heterocycles. The molecule has 1 atom stereocenters. The molecule has 1 unspecified atom stereocenters. The summed E-state index contributed by atoms with van der Waals surface area (Å²) in [7, 11) is 0. The Kier molecular flexibility index (Phi) is 3.69. The highest BCUT2D eigenvalue weighted by atomic mass is 32.2. The third kappa shape index (κ3) is 2.45. The molecule has 1 heterocycles. The predicted octanol–water partition coefficient (Wildman–Crippen LogP) is 1.84. The highest BCUT2D eigenvalue weighted by Gasteiger charge is 2.47. The Balaban J connectivity index is 1.90. The van der Waals surface area contributed by atoms with E-state index in [1.165, 1.54) is 18.6 Å². The van der Waals surface area contributed by atoms with Crippen LogP contribution in [-0.2, 0) is 4.79 Å². The van der Waals surface area contributed by atoms with Gasteiger partial charge in [-0.1, -0.05) is 18.6 Å². The zero-order valence-electron chi connectivity index (χ0n) is 10.3. The second-order valence-corrected chi connectivity index (χ2v) is 7.51. The lowest BCUT2D eigenvalue weighted by molar-refractivity contribution is -0.130. The van der Waals surface area contributed by atoms with Crippen molar-refractivity contribution >= 4 is 34.9 Å². The van der Waals surface area contributed by atoms with Crippen LogP contribution in [0.1, 0.15) is 39.0 Å². The second-order valence-electron chi connectivity index (χ2n) is 5.38. The first-order chi connectivity index (χ1) is 7.99. The van der Waals surface area contributed by atoms with Gasteiger partial charge < -0.3 is 11.1 Å². The minimum atomic E-state index is -0.533. The van der Waals surface area contributed by atoms with Crippen LogP contribution in [0.5, 0.6) is 0 Å². The van der Waals surface area contributed by atoms with Crippen molar-refractivity contribution in [3.63, 3.8) is 0 Å². The van der Waals surface area contributed by atoms with Gasteiger partial charge in [-0.15, -0.1) is 0 Å². The van der Waals surface area contributed by atoms with E-state index < -0.39 is 5.41 Å². The molecule has 1 aliphatic carbocycles. The van der Waals surface area contributed by atoms with E-state index in [-0.39, 0.29) is 10.7 Å². The largest absolute Gasteiger partial charge is 0.392 e. The Hall–Kier alpha value is -0.290. The van der Waals surface area contributed by atoms with Gasteiger partial charge in [0, 0.05) is 11.3 Å². The molecule has 2 fully saturated rings. The van der Waals surface area contributed by atoms with Crippen LogP contribution in [0, 0.1) is 5.41 Å². The minimum Gasteiger partial charge on any atom is -0.392 e. The van der Waals surface area contributed by atoms with E-state index in [1.54, 1.807) is 0 Å². The summed E-state index contributed by atoms with van der Waals surface area (Å²) in [4.78, 5) is 12.6. The van der Waals surface area contributed by atoms with Crippen LogP contribution in [0.3, 0.4) is 0 Å². The van der Waals surface area contributed by atoms with Gasteiger partial charge in [-0.05, 0) is 38.4 Å². The van der Waals surface area contributed by atoms with Crippen molar-refractivity contribution in [2.24, 2.45) is 11.1 Å². The standard InChI is InChI=1S/C12H20N2OS2/c1-11(4-3-7-17-11)8-14-10(15)12(9(13)16)5-2-6-12/h2-8H2,1H3,(H2,13,16)(H,14,15). The first-order valence-corrected chi connectivity index (χ1v) is 7.60. The monoisotopic (exact) mass is 272 g/mol. The van der Waals surface area contributed by atoms with Crippen molar-refractivity contribution in [1.29, 1.82) is 0 Å². The van der Waals surface area contributed by atoms with Crippen molar-refractivity contribution < 1.29 is 4.79 Å². The topological polar surface area (TPSA) is 55.1 Å². The maximum Gasteiger partial charge on any atom is 0.233 e. The smallest absolute Gasteiger partial charge is 0.233 e. The molecule has 1 saturated carbocycles. The van der Waals surface area contributed by atoms with E-state index in [1.807, 2.05) is 11.8 Å². The molecule has 0 aromatic carbocycles. The van der Waals surface area contributed by atoms with Gasteiger partial charge in [0.15, 0.2) is 0 Å². The zero-order valence-corrected chi connectivity index (χ0v) is 11.9. The molecule has 0 bridgehead atoms. The Labute approximate surface area is 112 Å². The second kappa shape index (κ2) is 4.76. The number of thioether (sulfide) groups is 1. The van der Waals surface area contributed by atoms with E-state index in [2.05, 4.69) is 12.2 Å². The molecular weight excluding hydrogens is 252 g/mol. The number of amides is 1. The molecule has 5 heteroatoms. The summed E-state index contributed by atoms with van der Waals surface area (Å²) in [6, 6.07) is 0. The van der Waals surface area contributed by atoms with E-state index >= 15 is 0 Å². The highest BCUT2D eigenvalue weighted by Crippen LogP contribution is 2.42. The molecule has 0 radical (unpaired) electrons. The number of carbonyl (C=O) groups is 1. The average Bonchev–Trinajstić information content (AvgIpc) is 2.60. The van der Waals surface area contributed by atoms with Crippen LogP contribution >= 0.6 is 24.0 Å². The molecule has 96 valence electrons. The van der Waals surface area contributed by atoms with Crippen LogP contribution < -0.4 is 11.1 Å². The van der Waals surface area contributed by atoms with E-state index in [4.69, 9.17) is 18.0 Å². The quantitative estimate of drug-likeness (QED) is 0.767. The Morgan fingerprint density at radius 1 is 1.41 bits per heavy atom. The van der Waals surface area contributed by atoms with Crippen molar-refractivity contribution in [2.45, 2.75) is 43.8 Å².